The Morgan fingerprint density at radius 2 is 2.31 bits per heavy atom. The van der Waals surface area contributed by atoms with Gasteiger partial charge in [-0.2, -0.15) is 5.26 Å². The molecule has 4 nitrogen and oxygen atoms in total. The molecule has 0 aliphatic rings. The lowest BCUT2D eigenvalue weighted by atomic mass is 10.1. The summed E-state index contributed by atoms with van der Waals surface area (Å²) in [6.07, 6.45) is -2.03. The summed E-state index contributed by atoms with van der Waals surface area (Å²) in [5.41, 5.74) is -1.31. The predicted octanol–water partition coefficient (Wildman–Crippen LogP) is 2.44. The molecular weight excluding hydrogens is 286 g/mol. The fraction of sp³-hybridized carbons (Fsp3) is 0.222. The van der Waals surface area contributed by atoms with Crippen molar-refractivity contribution in [2.45, 2.75) is 6.43 Å². The van der Waals surface area contributed by atoms with Gasteiger partial charge in [0.25, 0.3) is 6.43 Å². The third kappa shape index (κ3) is 2.17. The number of rotatable bonds is 2. The molecule has 0 saturated heterocycles. The minimum Gasteiger partial charge on any atom is -0.465 e. The van der Waals surface area contributed by atoms with Gasteiger partial charge in [0.1, 0.15) is 16.2 Å². The second-order valence-electron chi connectivity index (χ2n) is 2.66. The van der Waals surface area contributed by atoms with Gasteiger partial charge in [0, 0.05) is 6.20 Å². The van der Waals surface area contributed by atoms with Gasteiger partial charge in [0.15, 0.2) is 0 Å². The Labute approximate surface area is 98.0 Å². The third-order valence-corrected chi connectivity index (χ3v) is 2.40. The number of ether oxygens (including phenoxy) is 1. The highest BCUT2D eigenvalue weighted by atomic mass is 79.9. The van der Waals surface area contributed by atoms with Crippen molar-refractivity contribution in [1.82, 2.24) is 4.98 Å². The number of carbonyl (C=O) groups excluding carboxylic acids is 1. The summed E-state index contributed by atoms with van der Waals surface area (Å²) in [5.74, 6) is -0.890. The van der Waals surface area contributed by atoms with Gasteiger partial charge in [-0.3, -0.25) is 0 Å². The van der Waals surface area contributed by atoms with E-state index >= 15 is 0 Å². The number of carbonyl (C=O) groups is 1. The summed E-state index contributed by atoms with van der Waals surface area (Å²) in [5, 5.41) is 8.78. The number of hydrogen-bond acceptors (Lipinski definition) is 4. The van der Waals surface area contributed by atoms with E-state index in [1.165, 1.54) is 0 Å². The van der Waals surface area contributed by atoms with Gasteiger partial charge >= 0.3 is 5.97 Å². The Balaban J connectivity index is 3.52. The van der Waals surface area contributed by atoms with Gasteiger partial charge in [-0.1, -0.05) is 0 Å². The largest absolute Gasteiger partial charge is 0.465 e. The van der Waals surface area contributed by atoms with E-state index in [1.54, 1.807) is 6.07 Å². The summed E-state index contributed by atoms with van der Waals surface area (Å²) in [6.45, 7) is 0. The first-order valence-corrected chi connectivity index (χ1v) is 4.77. The van der Waals surface area contributed by atoms with Crippen LogP contribution < -0.4 is 0 Å². The van der Waals surface area contributed by atoms with Crippen LogP contribution in [-0.2, 0) is 4.74 Å². The topological polar surface area (TPSA) is 63.0 Å². The zero-order valence-corrected chi connectivity index (χ0v) is 9.59. The predicted molar refractivity (Wildman–Crippen MR) is 52.9 cm³/mol. The van der Waals surface area contributed by atoms with E-state index < -0.39 is 23.5 Å². The average Bonchev–Trinajstić information content (AvgIpc) is 2.26. The quantitative estimate of drug-likeness (QED) is 0.620. The van der Waals surface area contributed by atoms with Crippen molar-refractivity contribution in [1.29, 1.82) is 5.26 Å². The third-order valence-electron chi connectivity index (χ3n) is 1.80. The Morgan fingerprint density at radius 3 is 2.75 bits per heavy atom. The number of aromatic nitrogens is 1. The minimum atomic E-state index is -2.88. The van der Waals surface area contributed by atoms with Crippen LogP contribution in [0.25, 0.3) is 0 Å². The van der Waals surface area contributed by atoms with Crippen LogP contribution in [0.4, 0.5) is 8.78 Å². The fourth-order valence-electron chi connectivity index (χ4n) is 1.08. The molecule has 0 N–H and O–H groups in total. The molecule has 0 saturated carbocycles. The molecule has 0 bridgehead atoms. The molecule has 0 aliphatic carbocycles. The van der Waals surface area contributed by atoms with E-state index in [2.05, 4.69) is 25.7 Å². The molecule has 0 aliphatic heterocycles. The van der Waals surface area contributed by atoms with Crippen molar-refractivity contribution in [3.8, 4) is 6.07 Å². The molecule has 0 radical (unpaired) electrons. The van der Waals surface area contributed by atoms with Gasteiger partial charge < -0.3 is 4.74 Å². The first-order valence-electron chi connectivity index (χ1n) is 3.97. The van der Waals surface area contributed by atoms with Crippen molar-refractivity contribution < 1.29 is 18.3 Å². The van der Waals surface area contributed by atoms with Gasteiger partial charge in [0.05, 0.1) is 18.2 Å². The van der Waals surface area contributed by atoms with E-state index in [0.717, 1.165) is 13.3 Å². The van der Waals surface area contributed by atoms with E-state index in [9.17, 15) is 13.6 Å². The van der Waals surface area contributed by atoms with Gasteiger partial charge in [-0.15, -0.1) is 0 Å². The maximum atomic E-state index is 12.5. The first-order chi connectivity index (χ1) is 7.52. The number of nitrogens with zero attached hydrogens (tertiary/aromatic N) is 2. The molecule has 16 heavy (non-hydrogen) atoms. The maximum absolute atomic E-state index is 12.5. The highest BCUT2D eigenvalue weighted by molar-refractivity contribution is 9.10. The van der Waals surface area contributed by atoms with E-state index in [-0.39, 0.29) is 10.2 Å². The van der Waals surface area contributed by atoms with Crippen LogP contribution in [0.3, 0.4) is 0 Å². The second kappa shape index (κ2) is 4.99. The van der Waals surface area contributed by atoms with Gasteiger partial charge in [-0.05, 0) is 15.9 Å². The Morgan fingerprint density at radius 1 is 1.69 bits per heavy atom. The van der Waals surface area contributed by atoms with Gasteiger partial charge in [-0.25, -0.2) is 18.6 Å². The Kier molecular flexibility index (Phi) is 3.90. The zero-order chi connectivity index (χ0) is 12.3. The fourth-order valence-corrected chi connectivity index (χ4v) is 1.54. The monoisotopic (exact) mass is 290 g/mol. The molecule has 0 unspecified atom stereocenters. The molecule has 0 atom stereocenters. The molecule has 1 heterocycles. The minimum absolute atomic E-state index is 0.000278. The Bertz CT molecular complexity index is 471. The van der Waals surface area contributed by atoms with Crippen molar-refractivity contribution >= 4 is 21.9 Å². The molecule has 0 spiro atoms. The van der Waals surface area contributed by atoms with Crippen LogP contribution in [0.15, 0.2) is 10.8 Å². The van der Waals surface area contributed by atoms with Crippen molar-refractivity contribution in [3.63, 3.8) is 0 Å². The average molecular weight is 291 g/mol. The SMILES string of the molecule is COC(=O)c1c(Br)ncc(C(F)F)c1C#N. The summed E-state index contributed by atoms with van der Waals surface area (Å²) in [6, 6.07) is 1.55. The lowest BCUT2D eigenvalue weighted by Crippen LogP contribution is -2.09. The van der Waals surface area contributed by atoms with Gasteiger partial charge in [0.2, 0.25) is 0 Å². The van der Waals surface area contributed by atoms with Crippen LogP contribution in [0.5, 0.6) is 0 Å². The molecular formula is C9H5BrF2N2O2. The second-order valence-corrected chi connectivity index (χ2v) is 3.41. The molecule has 0 fully saturated rings. The van der Waals surface area contributed by atoms with Crippen LogP contribution in [0.2, 0.25) is 0 Å². The van der Waals surface area contributed by atoms with Crippen LogP contribution in [0.1, 0.15) is 27.9 Å². The van der Waals surface area contributed by atoms with Crippen LogP contribution in [-0.4, -0.2) is 18.1 Å². The number of alkyl halides is 2. The molecule has 0 amide bonds. The van der Waals surface area contributed by atoms with Crippen molar-refractivity contribution in [3.05, 3.63) is 27.5 Å². The molecule has 1 aromatic rings. The maximum Gasteiger partial charge on any atom is 0.342 e. The molecule has 1 aromatic heterocycles. The molecule has 0 aromatic carbocycles. The number of halogens is 3. The van der Waals surface area contributed by atoms with E-state index in [4.69, 9.17) is 5.26 Å². The van der Waals surface area contributed by atoms with Crippen LogP contribution >= 0.6 is 15.9 Å². The molecule has 7 heteroatoms. The number of hydrogen-bond donors (Lipinski definition) is 0. The lowest BCUT2D eigenvalue weighted by molar-refractivity contribution is 0.0598. The first kappa shape index (κ1) is 12.5. The highest BCUT2D eigenvalue weighted by Crippen LogP contribution is 2.28. The number of pyridine rings is 1. The lowest BCUT2D eigenvalue weighted by Gasteiger charge is -2.08. The van der Waals surface area contributed by atoms with Crippen LogP contribution in [0, 0.1) is 11.3 Å². The number of nitriles is 1. The number of methoxy groups -OCH3 is 1. The summed E-state index contributed by atoms with van der Waals surface area (Å²) in [4.78, 5) is 14.9. The van der Waals surface area contributed by atoms with Crippen molar-refractivity contribution in [2.75, 3.05) is 7.11 Å². The molecule has 1 rings (SSSR count). The van der Waals surface area contributed by atoms with E-state index in [1.807, 2.05) is 0 Å². The molecule has 84 valence electrons. The Hall–Kier alpha value is -1.55. The standard InChI is InChI=1S/C9H5BrF2N2O2/c1-16-9(15)6-4(2-13)5(8(11)12)3-14-7(6)10/h3,8H,1H3. The smallest absolute Gasteiger partial charge is 0.342 e. The normalized spacial score (nSPS) is 10.0. The van der Waals surface area contributed by atoms with E-state index in [0.29, 0.717) is 0 Å². The summed E-state index contributed by atoms with van der Waals surface area (Å²) >= 11 is 2.90. The number of esters is 1. The highest BCUT2D eigenvalue weighted by Gasteiger charge is 2.24. The summed E-state index contributed by atoms with van der Waals surface area (Å²) < 4.78 is 29.5. The zero-order valence-electron chi connectivity index (χ0n) is 8.00. The van der Waals surface area contributed by atoms with Crippen molar-refractivity contribution in [2.24, 2.45) is 0 Å². The summed E-state index contributed by atoms with van der Waals surface area (Å²) in [7, 11) is 1.09.